The molecule has 0 unspecified atom stereocenters. The van der Waals surface area contributed by atoms with E-state index in [0.29, 0.717) is 6.04 Å². The highest BCUT2D eigenvalue weighted by molar-refractivity contribution is 5.93. The third-order valence-electron chi connectivity index (χ3n) is 6.57. The zero-order chi connectivity index (χ0) is 24.3. The molecule has 0 saturated heterocycles. The average Bonchev–Trinajstić information content (AvgIpc) is 2.79. The maximum Gasteiger partial charge on any atom is 0.319 e. The number of hydrogen-bond acceptors (Lipinski definition) is 4. The number of amides is 2. The van der Waals surface area contributed by atoms with E-state index in [2.05, 4.69) is 86.0 Å². The van der Waals surface area contributed by atoms with Crippen LogP contribution < -0.4 is 20.9 Å². The molecule has 2 aromatic carbocycles. The second kappa shape index (κ2) is 9.92. The van der Waals surface area contributed by atoms with Crippen molar-refractivity contribution in [3.8, 4) is 0 Å². The van der Waals surface area contributed by atoms with E-state index in [1.165, 1.54) is 0 Å². The second-order valence-corrected chi connectivity index (χ2v) is 10.5. The summed E-state index contributed by atoms with van der Waals surface area (Å²) < 4.78 is 0. The van der Waals surface area contributed by atoms with Crippen LogP contribution >= 0.6 is 0 Å². The first-order chi connectivity index (χ1) is 16.2. The number of carbonyl (C=O) groups is 1. The molecule has 4 rings (SSSR count). The quantitative estimate of drug-likeness (QED) is 0.428. The summed E-state index contributed by atoms with van der Waals surface area (Å²) in [5.74, 6) is 0.912. The van der Waals surface area contributed by atoms with Gasteiger partial charge in [0.05, 0.1) is 5.52 Å². The van der Waals surface area contributed by atoms with Gasteiger partial charge in [0, 0.05) is 49.0 Å². The fourth-order valence-electron chi connectivity index (χ4n) is 4.78. The van der Waals surface area contributed by atoms with Crippen LogP contribution in [0.5, 0.6) is 0 Å². The van der Waals surface area contributed by atoms with E-state index >= 15 is 0 Å². The van der Waals surface area contributed by atoms with Crippen molar-refractivity contribution >= 4 is 34.1 Å². The van der Waals surface area contributed by atoms with Crippen molar-refractivity contribution in [1.82, 2.24) is 10.3 Å². The predicted octanol–water partition coefficient (Wildman–Crippen LogP) is 6.14. The van der Waals surface area contributed by atoms with Gasteiger partial charge in [0.1, 0.15) is 5.82 Å². The highest BCUT2D eigenvalue weighted by Gasteiger charge is 2.24. The fraction of sp³-hybridized carbons (Fsp3) is 0.429. The Balaban J connectivity index is 1.33. The predicted molar refractivity (Wildman–Crippen MR) is 143 cm³/mol. The fourth-order valence-corrected chi connectivity index (χ4v) is 4.78. The molecule has 6 heteroatoms. The summed E-state index contributed by atoms with van der Waals surface area (Å²) >= 11 is 0. The SMILES string of the molecule is CN(C)c1cc(NC2CCC(NC(=O)Nc3ccccc3C(C)(C)C)CC2)nc2ccccc12. The summed E-state index contributed by atoms with van der Waals surface area (Å²) in [7, 11) is 4.13. The van der Waals surface area contributed by atoms with Crippen LogP contribution in [-0.2, 0) is 5.41 Å². The zero-order valence-electron chi connectivity index (χ0n) is 21.0. The Labute approximate surface area is 203 Å². The van der Waals surface area contributed by atoms with Crippen LogP contribution in [0.25, 0.3) is 10.9 Å². The molecule has 3 aromatic rings. The van der Waals surface area contributed by atoms with Gasteiger partial charge < -0.3 is 20.9 Å². The first-order valence-electron chi connectivity index (χ1n) is 12.2. The second-order valence-electron chi connectivity index (χ2n) is 10.5. The highest BCUT2D eigenvalue weighted by Crippen LogP contribution is 2.30. The van der Waals surface area contributed by atoms with Crippen molar-refractivity contribution in [2.24, 2.45) is 0 Å². The number of urea groups is 1. The van der Waals surface area contributed by atoms with Crippen molar-refractivity contribution in [2.45, 2.75) is 64.0 Å². The maximum absolute atomic E-state index is 12.7. The van der Waals surface area contributed by atoms with Gasteiger partial charge in [-0.1, -0.05) is 57.2 Å². The van der Waals surface area contributed by atoms with E-state index in [9.17, 15) is 4.79 Å². The molecule has 0 spiro atoms. The normalized spacial score (nSPS) is 18.4. The molecular formula is C28H37N5O. The van der Waals surface area contributed by atoms with Crippen LogP contribution in [-0.4, -0.2) is 37.2 Å². The molecule has 3 N–H and O–H groups in total. The lowest BCUT2D eigenvalue weighted by Gasteiger charge is -2.30. The van der Waals surface area contributed by atoms with Gasteiger partial charge in [0.2, 0.25) is 0 Å². The molecule has 0 radical (unpaired) electrons. The summed E-state index contributed by atoms with van der Waals surface area (Å²) in [5, 5.41) is 11.0. The van der Waals surface area contributed by atoms with Gasteiger partial charge in [-0.2, -0.15) is 0 Å². The van der Waals surface area contributed by atoms with Gasteiger partial charge in [-0.05, 0) is 48.8 Å². The summed E-state index contributed by atoms with van der Waals surface area (Å²) in [4.78, 5) is 19.7. The number of aromatic nitrogens is 1. The van der Waals surface area contributed by atoms with Crippen LogP contribution in [0.1, 0.15) is 52.0 Å². The van der Waals surface area contributed by atoms with Gasteiger partial charge in [0.15, 0.2) is 0 Å². The Kier molecular flexibility index (Phi) is 6.96. The average molecular weight is 460 g/mol. The molecule has 1 aromatic heterocycles. The number of hydrogen-bond donors (Lipinski definition) is 3. The minimum absolute atomic E-state index is 0.0309. The Bertz CT molecular complexity index is 1140. The van der Waals surface area contributed by atoms with E-state index in [-0.39, 0.29) is 17.5 Å². The third-order valence-corrected chi connectivity index (χ3v) is 6.57. The summed E-state index contributed by atoms with van der Waals surface area (Å²) in [5.41, 5.74) is 4.14. The Morgan fingerprint density at radius 2 is 1.59 bits per heavy atom. The molecule has 1 aliphatic rings. The Hall–Kier alpha value is -3.28. The molecule has 180 valence electrons. The molecule has 1 saturated carbocycles. The van der Waals surface area contributed by atoms with E-state index in [0.717, 1.165) is 59.3 Å². The summed E-state index contributed by atoms with van der Waals surface area (Å²) in [6, 6.07) is 18.8. The lowest BCUT2D eigenvalue weighted by Crippen LogP contribution is -2.42. The largest absolute Gasteiger partial charge is 0.377 e. The number of carbonyl (C=O) groups excluding carboxylic acids is 1. The first kappa shape index (κ1) is 23.9. The summed E-state index contributed by atoms with van der Waals surface area (Å²) in [6.45, 7) is 6.47. The van der Waals surface area contributed by atoms with Crippen molar-refractivity contribution < 1.29 is 4.79 Å². The molecule has 6 nitrogen and oxygen atoms in total. The van der Waals surface area contributed by atoms with Crippen molar-refractivity contribution in [2.75, 3.05) is 29.6 Å². The molecule has 0 bridgehead atoms. The van der Waals surface area contributed by atoms with Gasteiger partial charge >= 0.3 is 6.03 Å². The van der Waals surface area contributed by atoms with Crippen molar-refractivity contribution in [3.05, 3.63) is 60.2 Å². The van der Waals surface area contributed by atoms with E-state index in [4.69, 9.17) is 4.98 Å². The van der Waals surface area contributed by atoms with Gasteiger partial charge in [-0.15, -0.1) is 0 Å². The number of pyridine rings is 1. The molecular weight excluding hydrogens is 422 g/mol. The smallest absolute Gasteiger partial charge is 0.319 e. The highest BCUT2D eigenvalue weighted by atomic mass is 16.2. The minimum Gasteiger partial charge on any atom is -0.377 e. The van der Waals surface area contributed by atoms with E-state index in [1.807, 2.05) is 24.3 Å². The number of rotatable bonds is 5. The third kappa shape index (κ3) is 5.61. The van der Waals surface area contributed by atoms with Crippen LogP contribution in [0.4, 0.5) is 22.0 Å². The number of benzene rings is 2. The maximum atomic E-state index is 12.7. The Morgan fingerprint density at radius 3 is 2.29 bits per heavy atom. The Morgan fingerprint density at radius 1 is 0.941 bits per heavy atom. The van der Waals surface area contributed by atoms with Crippen molar-refractivity contribution in [3.63, 3.8) is 0 Å². The van der Waals surface area contributed by atoms with Crippen LogP contribution in [0.15, 0.2) is 54.6 Å². The number of nitrogens with zero attached hydrogens (tertiary/aromatic N) is 2. The number of fused-ring (bicyclic) bond motifs is 1. The molecule has 1 aliphatic carbocycles. The molecule has 34 heavy (non-hydrogen) atoms. The standard InChI is InChI=1S/C28H37N5O/c1-28(2,3)22-11-7-9-13-24(22)32-27(34)30-20-16-14-19(15-17-20)29-26-18-25(33(4)5)21-10-6-8-12-23(21)31-26/h6-13,18-20H,14-17H2,1-5H3,(H,29,31)(H2,30,32,34). The van der Waals surface area contributed by atoms with Gasteiger partial charge in [-0.3, -0.25) is 0 Å². The molecule has 0 atom stereocenters. The summed E-state index contributed by atoms with van der Waals surface area (Å²) in [6.07, 6.45) is 3.88. The van der Waals surface area contributed by atoms with Gasteiger partial charge in [0.25, 0.3) is 0 Å². The molecule has 1 heterocycles. The van der Waals surface area contributed by atoms with Crippen LogP contribution in [0, 0.1) is 0 Å². The number of para-hydroxylation sites is 2. The number of nitrogens with one attached hydrogen (secondary N) is 3. The lowest BCUT2D eigenvalue weighted by molar-refractivity contribution is 0.243. The van der Waals surface area contributed by atoms with E-state index in [1.54, 1.807) is 0 Å². The van der Waals surface area contributed by atoms with Crippen LogP contribution in [0.3, 0.4) is 0 Å². The topological polar surface area (TPSA) is 69.3 Å². The van der Waals surface area contributed by atoms with E-state index < -0.39 is 0 Å². The first-order valence-corrected chi connectivity index (χ1v) is 12.2. The monoisotopic (exact) mass is 459 g/mol. The number of anilines is 3. The lowest BCUT2D eigenvalue weighted by atomic mass is 9.86. The van der Waals surface area contributed by atoms with Crippen molar-refractivity contribution in [1.29, 1.82) is 0 Å². The zero-order valence-corrected chi connectivity index (χ0v) is 21.0. The molecule has 1 fully saturated rings. The van der Waals surface area contributed by atoms with Gasteiger partial charge in [-0.25, -0.2) is 9.78 Å². The molecule has 0 aliphatic heterocycles. The molecule has 2 amide bonds. The van der Waals surface area contributed by atoms with Crippen LogP contribution in [0.2, 0.25) is 0 Å². The minimum atomic E-state index is -0.125.